The van der Waals surface area contributed by atoms with E-state index in [4.69, 9.17) is 16.3 Å². The normalized spacial score (nSPS) is 10.6. The lowest BCUT2D eigenvalue weighted by Crippen LogP contribution is -2.06. The summed E-state index contributed by atoms with van der Waals surface area (Å²) in [6.07, 6.45) is 3.35. The van der Waals surface area contributed by atoms with E-state index in [-0.39, 0.29) is 11.3 Å². The predicted molar refractivity (Wildman–Crippen MR) is 70.6 cm³/mol. The topological polar surface area (TPSA) is 65.7 Å². The van der Waals surface area contributed by atoms with Gasteiger partial charge in [0, 0.05) is 17.3 Å². The number of rotatable bonds is 4. The highest BCUT2D eigenvalue weighted by molar-refractivity contribution is 7.09. The fourth-order valence-corrected chi connectivity index (χ4v) is 2.17. The molecule has 0 saturated heterocycles. The molecule has 3 rings (SSSR count). The van der Waals surface area contributed by atoms with Gasteiger partial charge in [0.25, 0.3) is 5.95 Å². The largest absolute Gasteiger partial charge is 0.458 e. The van der Waals surface area contributed by atoms with Crippen molar-refractivity contribution in [1.82, 2.24) is 24.7 Å². The lowest BCUT2D eigenvalue weighted by Gasteiger charge is -2.05. The Hall–Kier alpha value is -1.99. The van der Waals surface area contributed by atoms with Gasteiger partial charge in [0.05, 0.1) is 0 Å². The van der Waals surface area contributed by atoms with Crippen molar-refractivity contribution in [3.63, 3.8) is 0 Å². The van der Waals surface area contributed by atoms with Gasteiger partial charge in [-0.15, -0.1) is 11.3 Å². The molecule has 0 aliphatic rings. The quantitative estimate of drug-likeness (QED) is 0.739. The van der Waals surface area contributed by atoms with E-state index < -0.39 is 0 Å². The summed E-state index contributed by atoms with van der Waals surface area (Å²) >= 11 is 7.45. The van der Waals surface area contributed by atoms with Gasteiger partial charge in [0.1, 0.15) is 6.61 Å². The molecule has 0 aromatic carbocycles. The summed E-state index contributed by atoms with van der Waals surface area (Å²) in [5.74, 6) is 0.325. The van der Waals surface area contributed by atoms with Crippen molar-refractivity contribution >= 4 is 22.9 Å². The van der Waals surface area contributed by atoms with E-state index in [1.807, 2.05) is 17.5 Å². The van der Waals surface area contributed by atoms with Gasteiger partial charge in [-0.05, 0) is 29.1 Å². The SMILES string of the molecule is Clc1nc(OCc2cccs2)nc(-n2cccn2)n1. The van der Waals surface area contributed by atoms with Crippen LogP contribution in [0.3, 0.4) is 0 Å². The van der Waals surface area contributed by atoms with Crippen molar-refractivity contribution in [2.24, 2.45) is 0 Å². The summed E-state index contributed by atoms with van der Waals surface area (Å²) in [5, 5.41) is 6.08. The first-order valence-corrected chi connectivity index (χ1v) is 6.64. The van der Waals surface area contributed by atoms with Crippen LogP contribution in [-0.2, 0) is 6.61 Å². The third kappa shape index (κ3) is 2.88. The number of ether oxygens (including phenoxy) is 1. The van der Waals surface area contributed by atoms with Gasteiger partial charge in [-0.3, -0.25) is 0 Å². The molecule has 0 saturated carbocycles. The first-order valence-electron chi connectivity index (χ1n) is 5.38. The molecule has 19 heavy (non-hydrogen) atoms. The van der Waals surface area contributed by atoms with E-state index in [9.17, 15) is 0 Å². The predicted octanol–water partition coefficient (Wildman–Crippen LogP) is 2.35. The lowest BCUT2D eigenvalue weighted by atomic mass is 10.5. The van der Waals surface area contributed by atoms with E-state index in [2.05, 4.69) is 20.1 Å². The van der Waals surface area contributed by atoms with Crippen LogP contribution in [0, 0.1) is 0 Å². The second-order valence-electron chi connectivity index (χ2n) is 3.51. The summed E-state index contributed by atoms with van der Waals surface area (Å²) in [4.78, 5) is 13.1. The second-order valence-corrected chi connectivity index (χ2v) is 4.88. The maximum Gasteiger partial charge on any atom is 0.322 e. The van der Waals surface area contributed by atoms with Gasteiger partial charge in [-0.2, -0.15) is 20.1 Å². The molecule has 0 bridgehead atoms. The van der Waals surface area contributed by atoms with Gasteiger partial charge in [0.2, 0.25) is 5.28 Å². The molecule has 8 heteroatoms. The van der Waals surface area contributed by atoms with Gasteiger partial charge >= 0.3 is 6.01 Å². The first kappa shape index (κ1) is 12.1. The molecule has 0 atom stereocenters. The van der Waals surface area contributed by atoms with Crippen LogP contribution in [0.2, 0.25) is 5.28 Å². The highest BCUT2D eigenvalue weighted by Crippen LogP contribution is 2.14. The van der Waals surface area contributed by atoms with Crippen LogP contribution in [0.15, 0.2) is 36.0 Å². The van der Waals surface area contributed by atoms with Gasteiger partial charge < -0.3 is 4.74 Å². The number of nitrogens with zero attached hydrogens (tertiary/aromatic N) is 5. The Labute approximate surface area is 117 Å². The molecule has 0 aliphatic carbocycles. The number of thiophene rings is 1. The van der Waals surface area contributed by atoms with Crippen molar-refractivity contribution in [1.29, 1.82) is 0 Å². The van der Waals surface area contributed by atoms with Crippen molar-refractivity contribution in [2.45, 2.75) is 6.61 Å². The Kier molecular flexibility index (Phi) is 3.39. The standard InChI is InChI=1S/C11H8ClN5OS/c12-9-14-10(17-5-2-4-13-17)16-11(15-9)18-7-8-3-1-6-19-8/h1-6H,7H2. The number of halogens is 1. The van der Waals surface area contributed by atoms with Crippen molar-refractivity contribution in [2.75, 3.05) is 0 Å². The molecule has 3 heterocycles. The smallest absolute Gasteiger partial charge is 0.322 e. The Morgan fingerprint density at radius 1 is 1.26 bits per heavy atom. The van der Waals surface area contributed by atoms with E-state index in [0.29, 0.717) is 12.6 Å². The Balaban J connectivity index is 1.82. The van der Waals surface area contributed by atoms with Crippen molar-refractivity contribution in [3.8, 4) is 12.0 Å². The minimum atomic E-state index is 0.0710. The van der Waals surface area contributed by atoms with Gasteiger partial charge in [-0.25, -0.2) is 4.68 Å². The Bertz CT molecular complexity index is 656. The van der Waals surface area contributed by atoms with Crippen LogP contribution in [0.1, 0.15) is 4.88 Å². The van der Waals surface area contributed by atoms with Crippen molar-refractivity contribution in [3.05, 3.63) is 46.1 Å². The molecule has 0 aliphatic heterocycles. The molecule has 0 spiro atoms. The molecule has 0 unspecified atom stereocenters. The summed E-state index contributed by atoms with van der Waals surface area (Å²) in [6.45, 7) is 0.399. The monoisotopic (exact) mass is 293 g/mol. The molecule has 96 valence electrons. The Morgan fingerprint density at radius 3 is 2.95 bits per heavy atom. The van der Waals surface area contributed by atoms with Crippen molar-refractivity contribution < 1.29 is 4.74 Å². The molecule has 3 aromatic heterocycles. The number of hydrogen-bond acceptors (Lipinski definition) is 6. The molecule has 6 nitrogen and oxygen atoms in total. The maximum atomic E-state index is 5.85. The first-order chi connectivity index (χ1) is 9.31. The van der Waals surface area contributed by atoms with Crippen LogP contribution in [0.5, 0.6) is 6.01 Å². The van der Waals surface area contributed by atoms with Crippen LogP contribution in [-0.4, -0.2) is 24.7 Å². The van der Waals surface area contributed by atoms with Gasteiger partial charge in [0.15, 0.2) is 0 Å². The summed E-state index contributed by atoms with van der Waals surface area (Å²) in [7, 11) is 0. The average molecular weight is 294 g/mol. The number of hydrogen-bond donors (Lipinski definition) is 0. The van der Waals surface area contributed by atoms with E-state index in [1.54, 1.807) is 29.8 Å². The molecule has 0 amide bonds. The fraction of sp³-hybridized carbons (Fsp3) is 0.0909. The Morgan fingerprint density at radius 2 is 2.21 bits per heavy atom. The third-order valence-corrected chi connectivity index (χ3v) is 3.23. The third-order valence-electron chi connectivity index (χ3n) is 2.21. The zero-order chi connectivity index (χ0) is 13.1. The summed E-state index contributed by atoms with van der Waals surface area (Å²) in [6, 6.07) is 5.88. The maximum absolute atomic E-state index is 5.85. The summed E-state index contributed by atoms with van der Waals surface area (Å²) < 4.78 is 6.98. The zero-order valence-corrected chi connectivity index (χ0v) is 11.2. The average Bonchev–Trinajstić information content (AvgIpc) is 3.09. The van der Waals surface area contributed by atoms with Gasteiger partial charge in [-0.1, -0.05) is 6.07 Å². The second kappa shape index (κ2) is 5.33. The van der Waals surface area contributed by atoms with E-state index in [1.165, 1.54) is 4.68 Å². The van der Waals surface area contributed by atoms with Crippen LogP contribution in [0.25, 0.3) is 5.95 Å². The van der Waals surface area contributed by atoms with Crippen LogP contribution in [0.4, 0.5) is 0 Å². The molecule has 0 fully saturated rings. The van der Waals surface area contributed by atoms with E-state index >= 15 is 0 Å². The fourth-order valence-electron chi connectivity index (χ4n) is 1.41. The van der Waals surface area contributed by atoms with Crippen LogP contribution >= 0.6 is 22.9 Å². The lowest BCUT2D eigenvalue weighted by molar-refractivity contribution is 0.282. The minimum absolute atomic E-state index is 0.0710. The highest BCUT2D eigenvalue weighted by Gasteiger charge is 2.08. The molecule has 0 radical (unpaired) electrons. The highest BCUT2D eigenvalue weighted by atomic mass is 35.5. The minimum Gasteiger partial charge on any atom is -0.458 e. The van der Waals surface area contributed by atoms with E-state index in [0.717, 1.165) is 4.88 Å². The van der Waals surface area contributed by atoms with Crippen LogP contribution < -0.4 is 4.74 Å². The molecule has 0 N–H and O–H groups in total. The molecule has 3 aromatic rings. The number of aromatic nitrogens is 5. The summed E-state index contributed by atoms with van der Waals surface area (Å²) in [5.41, 5.74) is 0. The molecular weight excluding hydrogens is 286 g/mol. The zero-order valence-electron chi connectivity index (χ0n) is 9.60. The molecular formula is C11H8ClN5OS.